The lowest BCUT2D eigenvalue weighted by Crippen LogP contribution is -2.01. The zero-order valence-corrected chi connectivity index (χ0v) is 7.60. The van der Waals surface area contributed by atoms with Crippen LogP contribution in [0.25, 0.3) is 6.08 Å². The Morgan fingerprint density at radius 1 is 1.29 bits per heavy atom. The van der Waals surface area contributed by atoms with E-state index in [-0.39, 0.29) is 0 Å². The molecule has 0 bridgehead atoms. The lowest BCUT2D eigenvalue weighted by atomic mass is 9.99. The Bertz CT molecular complexity index is 428. The fourth-order valence-corrected chi connectivity index (χ4v) is 1.60. The molecule has 0 unspecified atom stereocenters. The molecule has 0 radical (unpaired) electrons. The lowest BCUT2D eigenvalue weighted by Gasteiger charge is -2.05. The van der Waals surface area contributed by atoms with Crippen LogP contribution in [0.4, 0.5) is 0 Å². The lowest BCUT2D eigenvalue weighted by molar-refractivity contribution is 0.0696. The number of carbonyl (C=O) groups is 1. The predicted molar refractivity (Wildman–Crippen MR) is 55.3 cm³/mol. The molecule has 0 spiro atoms. The van der Waals surface area contributed by atoms with E-state index < -0.39 is 5.97 Å². The van der Waals surface area contributed by atoms with Gasteiger partial charge in [-0.05, 0) is 23.6 Å². The highest BCUT2D eigenvalue weighted by molar-refractivity contribution is 5.93. The summed E-state index contributed by atoms with van der Waals surface area (Å²) < 4.78 is 0. The Morgan fingerprint density at radius 2 is 2.14 bits per heavy atom. The number of rotatable bonds is 1. The highest BCUT2D eigenvalue weighted by Gasteiger charge is 2.11. The van der Waals surface area contributed by atoms with Crippen LogP contribution in [0.5, 0.6) is 0 Å². The minimum atomic E-state index is -0.867. The first kappa shape index (κ1) is 8.75. The maximum atomic E-state index is 10.9. The molecule has 1 N–H and O–H groups in total. The quantitative estimate of drug-likeness (QED) is 0.731. The normalized spacial score (nSPS) is 13.4. The van der Waals surface area contributed by atoms with Gasteiger partial charge in [0.25, 0.3) is 0 Å². The highest BCUT2D eigenvalue weighted by Crippen LogP contribution is 2.19. The van der Waals surface area contributed by atoms with Crippen molar-refractivity contribution in [1.82, 2.24) is 0 Å². The molecule has 1 aliphatic carbocycles. The van der Waals surface area contributed by atoms with Gasteiger partial charge in [-0.2, -0.15) is 0 Å². The summed E-state index contributed by atoms with van der Waals surface area (Å²) in [4.78, 5) is 10.9. The minimum absolute atomic E-state index is 0.377. The third-order valence-electron chi connectivity index (χ3n) is 2.27. The number of fused-ring (bicyclic) bond motifs is 1. The number of carboxylic acid groups (broad SMARTS) is 1. The van der Waals surface area contributed by atoms with Crippen LogP contribution in [0.15, 0.2) is 36.4 Å². The molecule has 1 aromatic carbocycles. The van der Waals surface area contributed by atoms with Crippen LogP contribution < -0.4 is 0 Å². The molecular formula is C12H10O2. The largest absolute Gasteiger partial charge is 0.478 e. The summed E-state index contributed by atoms with van der Waals surface area (Å²) in [7, 11) is 0. The molecule has 0 aliphatic heterocycles. The van der Waals surface area contributed by atoms with Gasteiger partial charge in [0.05, 0.1) is 5.56 Å². The van der Waals surface area contributed by atoms with Crippen molar-refractivity contribution in [1.29, 1.82) is 0 Å². The number of carboxylic acids is 1. The van der Waals surface area contributed by atoms with Gasteiger partial charge in [-0.3, -0.25) is 0 Å². The third kappa shape index (κ3) is 1.46. The molecule has 0 fully saturated rings. The van der Waals surface area contributed by atoms with E-state index in [0.717, 1.165) is 17.5 Å². The minimum Gasteiger partial charge on any atom is -0.478 e. The van der Waals surface area contributed by atoms with Crippen molar-refractivity contribution in [2.75, 3.05) is 0 Å². The summed E-state index contributed by atoms with van der Waals surface area (Å²) in [6.45, 7) is 0. The molecule has 14 heavy (non-hydrogen) atoms. The van der Waals surface area contributed by atoms with E-state index in [0.29, 0.717) is 5.56 Å². The summed E-state index contributed by atoms with van der Waals surface area (Å²) >= 11 is 0. The molecule has 0 saturated heterocycles. The first-order valence-corrected chi connectivity index (χ1v) is 4.47. The van der Waals surface area contributed by atoms with E-state index in [2.05, 4.69) is 0 Å². The molecule has 2 heteroatoms. The topological polar surface area (TPSA) is 37.3 Å². The second kappa shape index (κ2) is 3.50. The molecule has 0 saturated carbocycles. The fourth-order valence-electron chi connectivity index (χ4n) is 1.60. The van der Waals surface area contributed by atoms with Gasteiger partial charge in [-0.15, -0.1) is 0 Å². The van der Waals surface area contributed by atoms with E-state index in [4.69, 9.17) is 5.11 Å². The third-order valence-corrected chi connectivity index (χ3v) is 2.27. The second-order valence-corrected chi connectivity index (χ2v) is 3.17. The zero-order chi connectivity index (χ0) is 9.97. The summed E-state index contributed by atoms with van der Waals surface area (Å²) in [6.07, 6.45) is 8.48. The van der Waals surface area contributed by atoms with Gasteiger partial charge < -0.3 is 5.11 Å². The maximum Gasteiger partial charge on any atom is 0.336 e. The Kier molecular flexibility index (Phi) is 2.19. The average molecular weight is 186 g/mol. The van der Waals surface area contributed by atoms with Crippen LogP contribution in [0.1, 0.15) is 21.5 Å². The Labute approximate surface area is 82.2 Å². The predicted octanol–water partition coefficient (Wildman–Crippen LogP) is 2.51. The first-order valence-electron chi connectivity index (χ1n) is 4.47. The number of benzene rings is 1. The standard InChI is InChI=1S/C12H10O2/c13-12(14)11-8-4-6-9-5-2-1-3-7-10(9)11/h1-4,6-8H,5H2,(H,13,14). The van der Waals surface area contributed by atoms with Crippen molar-refractivity contribution in [3.8, 4) is 0 Å². The molecule has 2 nitrogen and oxygen atoms in total. The molecule has 0 heterocycles. The summed E-state index contributed by atoms with van der Waals surface area (Å²) in [5.74, 6) is -0.867. The Balaban J connectivity index is 2.61. The fraction of sp³-hybridized carbons (Fsp3) is 0.0833. The number of aromatic carboxylic acids is 1. The molecule has 2 rings (SSSR count). The van der Waals surface area contributed by atoms with E-state index in [1.54, 1.807) is 12.1 Å². The molecule has 0 atom stereocenters. The van der Waals surface area contributed by atoms with Gasteiger partial charge >= 0.3 is 5.97 Å². The van der Waals surface area contributed by atoms with Gasteiger partial charge in [-0.25, -0.2) is 4.79 Å². The molecular weight excluding hydrogens is 176 g/mol. The van der Waals surface area contributed by atoms with Crippen molar-refractivity contribution in [2.24, 2.45) is 0 Å². The molecule has 0 aromatic heterocycles. The van der Waals surface area contributed by atoms with Gasteiger partial charge in [0.2, 0.25) is 0 Å². The van der Waals surface area contributed by atoms with Crippen LogP contribution in [-0.4, -0.2) is 11.1 Å². The Morgan fingerprint density at radius 3 is 2.93 bits per heavy atom. The van der Waals surface area contributed by atoms with Crippen LogP contribution in [-0.2, 0) is 6.42 Å². The Hall–Kier alpha value is -1.83. The van der Waals surface area contributed by atoms with E-state index in [1.807, 2.05) is 30.4 Å². The van der Waals surface area contributed by atoms with Gasteiger partial charge in [0, 0.05) is 0 Å². The van der Waals surface area contributed by atoms with Crippen LogP contribution in [0, 0.1) is 0 Å². The van der Waals surface area contributed by atoms with Gasteiger partial charge in [0.15, 0.2) is 0 Å². The van der Waals surface area contributed by atoms with Crippen molar-refractivity contribution >= 4 is 12.0 Å². The van der Waals surface area contributed by atoms with Crippen molar-refractivity contribution < 1.29 is 9.90 Å². The van der Waals surface area contributed by atoms with Gasteiger partial charge in [-0.1, -0.05) is 36.4 Å². The van der Waals surface area contributed by atoms with Crippen LogP contribution >= 0.6 is 0 Å². The smallest absolute Gasteiger partial charge is 0.336 e. The molecule has 1 aromatic rings. The average Bonchev–Trinajstić information content (AvgIpc) is 2.41. The number of hydrogen-bond donors (Lipinski definition) is 1. The van der Waals surface area contributed by atoms with E-state index in [1.165, 1.54) is 0 Å². The summed E-state index contributed by atoms with van der Waals surface area (Å²) in [5.41, 5.74) is 2.27. The number of allylic oxidation sites excluding steroid dienone is 3. The number of hydrogen-bond acceptors (Lipinski definition) is 1. The zero-order valence-electron chi connectivity index (χ0n) is 7.60. The van der Waals surface area contributed by atoms with Crippen LogP contribution in [0.3, 0.4) is 0 Å². The first-order chi connectivity index (χ1) is 6.79. The van der Waals surface area contributed by atoms with Crippen molar-refractivity contribution in [3.05, 3.63) is 53.1 Å². The highest BCUT2D eigenvalue weighted by atomic mass is 16.4. The molecule has 1 aliphatic rings. The second-order valence-electron chi connectivity index (χ2n) is 3.17. The molecule has 70 valence electrons. The van der Waals surface area contributed by atoms with E-state index in [9.17, 15) is 4.79 Å². The monoisotopic (exact) mass is 186 g/mol. The summed E-state index contributed by atoms with van der Waals surface area (Å²) in [6, 6.07) is 5.38. The van der Waals surface area contributed by atoms with Crippen LogP contribution in [0.2, 0.25) is 0 Å². The van der Waals surface area contributed by atoms with Gasteiger partial charge in [0.1, 0.15) is 0 Å². The van der Waals surface area contributed by atoms with E-state index >= 15 is 0 Å². The van der Waals surface area contributed by atoms with Crippen molar-refractivity contribution in [3.63, 3.8) is 0 Å². The summed E-state index contributed by atoms with van der Waals surface area (Å²) in [5, 5.41) is 8.98. The van der Waals surface area contributed by atoms with Crippen molar-refractivity contribution in [2.45, 2.75) is 6.42 Å². The molecule has 0 amide bonds. The SMILES string of the molecule is O=C(O)c1cccc2c1C=CC=CC2. The maximum absolute atomic E-state index is 10.9.